The zero-order valence-corrected chi connectivity index (χ0v) is 20.3. The highest BCUT2D eigenvalue weighted by molar-refractivity contribution is 7.89. The lowest BCUT2D eigenvalue weighted by Gasteiger charge is -2.52. The smallest absolute Gasteiger partial charge is 0.245 e. The van der Waals surface area contributed by atoms with Gasteiger partial charge in [-0.2, -0.15) is 4.31 Å². The van der Waals surface area contributed by atoms with Crippen LogP contribution in [0, 0.1) is 0 Å². The van der Waals surface area contributed by atoms with E-state index in [9.17, 15) is 13.5 Å². The molecular weight excluding hydrogens is 458 g/mol. The summed E-state index contributed by atoms with van der Waals surface area (Å²) in [6.45, 7) is 5.74. The molecule has 9 nitrogen and oxygen atoms in total. The minimum absolute atomic E-state index is 0.182. The lowest BCUT2D eigenvalue weighted by molar-refractivity contribution is -0.242. The Morgan fingerprint density at radius 3 is 2.35 bits per heavy atom. The van der Waals surface area contributed by atoms with Gasteiger partial charge in [0.15, 0.2) is 0 Å². The molecule has 3 heterocycles. The van der Waals surface area contributed by atoms with Gasteiger partial charge < -0.3 is 24.2 Å². The summed E-state index contributed by atoms with van der Waals surface area (Å²) in [5.41, 5.74) is 1.47. The molecule has 3 aliphatic rings. The standard InChI is InChI=1S/C24H31N3O6S/c1-3-11-27-23(26-14-12-25(13-15-26)18-7-9-19(28)10-8-18)24(32-16-17-33-24)22-20(31-2)5-4-6-21(22)34(27,29)30/h4-10,23,28H,3,11-17H2,1-2H3. The van der Waals surface area contributed by atoms with Gasteiger partial charge in [-0.05, 0) is 42.8 Å². The molecule has 0 amide bonds. The van der Waals surface area contributed by atoms with Crippen molar-refractivity contribution in [3.8, 4) is 11.5 Å². The first kappa shape index (κ1) is 23.4. The van der Waals surface area contributed by atoms with Crippen LogP contribution < -0.4 is 9.64 Å². The summed E-state index contributed by atoms with van der Waals surface area (Å²) in [6, 6.07) is 12.2. The number of hydrogen-bond donors (Lipinski definition) is 1. The largest absolute Gasteiger partial charge is 0.508 e. The van der Waals surface area contributed by atoms with E-state index in [0.717, 1.165) is 5.69 Å². The third kappa shape index (κ3) is 3.64. The van der Waals surface area contributed by atoms with Crippen LogP contribution in [0.25, 0.3) is 0 Å². The molecule has 1 atom stereocenters. The number of methoxy groups -OCH3 is 1. The van der Waals surface area contributed by atoms with Crippen molar-refractivity contribution < 1.29 is 27.7 Å². The number of nitrogens with zero attached hydrogens (tertiary/aromatic N) is 3. The molecule has 1 unspecified atom stereocenters. The number of benzene rings is 2. The molecule has 2 aromatic rings. The Morgan fingerprint density at radius 1 is 1.06 bits per heavy atom. The maximum Gasteiger partial charge on any atom is 0.245 e. The minimum atomic E-state index is -3.80. The average molecular weight is 490 g/mol. The highest BCUT2D eigenvalue weighted by atomic mass is 32.2. The van der Waals surface area contributed by atoms with Crippen molar-refractivity contribution in [3.63, 3.8) is 0 Å². The van der Waals surface area contributed by atoms with Crippen molar-refractivity contribution in [2.24, 2.45) is 0 Å². The predicted molar refractivity (Wildman–Crippen MR) is 126 cm³/mol. The number of phenolic OH excluding ortho intramolecular Hbond substituents is 1. The van der Waals surface area contributed by atoms with E-state index in [1.54, 1.807) is 34.6 Å². The molecule has 2 saturated heterocycles. The van der Waals surface area contributed by atoms with Crippen LogP contribution in [0.5, 0.6) is 11.5 Å². The number of rotatable bonds is 5. The zero-order chi connectivity index (χ0) is 23.9. The number of piperazine rings is 1. The summed E-state index contributed by atoms with van der Waals surface area (Å²) in [4.78, 5) is 4.57. The van der Waals surface area contributed by atoms with Crippen LogP contribution in [0.15, 0.2) is 47.4 Å². The van der Waals surface area contributed by atoms with E-state index in [4.69, 9.17) is 14.2 Å². The number of hydrogen-bond acceptors (Lipinski definition) is 8. The molecule has 0 saturated carbocycles. The summed E-state index contributed by atoms with van der Waals surface area (Å²) in [5, 5.41) is 9.61. The molecule has 34 heavy (non-hydrogen) atoms. The molecule has 1 N–H and O–H groups in total. The molecule has 10 heteroatoms. The molecule has 0 aliphatic carbocycles. The maximum atomic E-state index is 13.9. The van der Waals surface area contributed by atoms with Gasteiger partial charge in [0.05, 0.1) is 30.8 Å². The van der Waals surface area contributed by atoms with E-state index in [2.05, 4.69) is 9.80 Å². The number of sulfonamides is 1. The Morgan fingerprint density at radius 2 is 1.74 bits per heavy atom. The first-order valence-electron chi connectivity index (χ1n) is 11.7. The molecule has 0 radical (unpaired) electrons. The molecule has 2 aromatic carbocycles. The van der Waals surface area contributed by atoms with Crippen molar-refractivity contribution in [3.05, 3.63) is 48.0 Å². The highest BCUT2D eigenvalue weighted by Gasteiger charge is 2.61. The maximum absolute atomic E-state index is 13.9. The van der Waals surface area contributed by atoms with E-state index in [0.29, 0.717) is 63.7 Å². The second-order valence-electron chi connectivity index (χ2n) is 8.73. The van der Waals surface area contributed by atoms with Gasteiger partial charge in [-0.1, -0.05) is 13.0 Å². The molecule has 0 aromatic heterocycles. The lowest BCUT2D eigenvalue weighted by Crippen LogP contribution is -2.67. The van der Waals surface area contributed by atoms with E-state index < -0.39 is 22.0 Å². The van der Waals surface area contributed by atoms with Gasteiger partial charge in [-0.15, -0.1) is 0 Å². The minimum Gasteiger partial charge on any atom is -0.508 e. The van der Waals surface area contributed by atoms with Crippen LogP contribution in [-0.2, 0) is 25.3 Å². The van der Waals surface area contributed by atoms with Gasteiger partial charge in [0, 0.05) is 38.4 Å². The first-order valence-corrected chi connectivity index (χ1v) is 13.1. The van der Waals surface area contributed by atoms with Crippen LogP contribution in [0.1, 0.15) is 18.9 Å². The summed E-state index contributed by atoms with van der Waals surface area (Å²) in [5.74, 6) is -0.578. The normalized spacial score (nSPS) is 24.3. The van der Waals surface area contributed by atoms with Crippen LogP contribution in [0.2, 0.25) is 0 Å². The summed E-state index contributed by atoms with van der Waals surface area (Å²) in [7, 11) is -2.26. The van der Waals surface area contributed by atoms with Crippen molar-refractivity contribution in [1.29, 1.82) is 0 Å². The summed E-state index contributed by atoms with van der Waals surface area (Å²) < 4.78 is 47.6. The quantitative estimate of drug-likeness (QED) is 0.683. The fourth-order valence-corrected chi connectivity index (χ4v) is 7.27. The zero-order valence-electron chi connectivity index (χ0n) is 19.5. The average Bonchev–Trinajstić information content (AvgIpc) is 3.33. The predicted octanol–water partition coefficient (Wildman–Crippen LogP) is 2.16. The Balaban J connectivity index is 1.55. The van der Waals surface area contributed by atoms with Crippen LogP contribution in [-0.4, -0.2) is 81.9 Å². The van der Waals surface area contributed by atoms with Crippen molar-refractivity contribution in [1.82, 2.24) is 9.21 Å². The molecule has 1 spiro atoms. The topological polar surface area (TPSA) is 91.8 Å². The summed E-state index contributed by atoms with van der Waals surface area (Å²) >= 11 is 0. The summed E-state index contributed by atoms with van der Waals surface area (Å²) in [6.07, 6.45) is 0.0178. The Bertz CT molecular complexity index is 1130. The number of anilines is 1. The molecule has 184 valence electrons. The van der Waals surface area contributed by atoms with Crippen molar-refractivity contribution in [2.45, 2.75) is 30.2 Å². The fourth-order valence-electron chi connectivity index (χ4n) is 5.31. The molecule has 0 bridgehead atoms. The van der Waals surface area contributed by atoms with Gasteiger partial charge in [-0.3, -0.25) is 4.90 Å². The third-order valence-corrected chi connectivity index (χ3v) is 8.69. The van der Waals surface area contributed by atoms with Gasteiger partial charge in [0.2, 0.25) is 15.8 Å². The molecule has 5 rings (SSSR count). The Hall–Kier alpha value is -2.37. The Kier molecular flexibility index (Phi) is 6.19. The second-order valence-corrected chi connectivity index (χ2v) is 10.6. The van der Waals surface area contributed by atoms with Gasteiger partial charge in [0.1, 0.15) is 17.7 Å². The van der Waals surface area contributed by atoms with E-state index in [1.807, 2.05) is 19.1 Å². The van der Waals surface area contributed by atoms with Crippen LogP contribution in [0.3, 0.4) is 0 Å². The van der Waals surface area contributed by atoms with E-state index in [-0.39, 0.29) is 10.6 Å². The van der Waals surface area contributed by atoms with E-state index in [1.165, 1.54) is 7.11 Å². The lowest BCUT2D eigenvalue weighted by atomic mass is 9.98. The Labute approximate surface area is 200 Å². The van der Waals surface area contributed by atoms with Crippen LogP contribution in [0.4, 0.5) is 5.69 Å². The van der Waals surface area contributed by atoms with Gasteiger partial charge >= 0.3 is 0 Å². The number of aromatic hydroxyl groups is 1. The van der Waals surface area contributed by atoms with Gasteiger partial charge in [-0.25, -0.2) is 8.42 Å². The molecular formula is C24H31N3O6S. The number of ether oxygens (including phenoxy) is 3. The SMILES string of the molecule is CCCN1C(N2CCN(c3ccc(O)cc3)CC2)C2(OCCO2)c2c(OC)cccc2S1(=O)=O. The van der Waals surface area contributed by atoms with Crippen LogP contribution >= 0.6 is 0 Å². The highest BCUT2D eigenvalue weighted by Crippen LogP contribution is 2.51. The van der Waals surface area contributed by atoms with Crippen molar-refractivity contribution >= 4 is 15.7 Å². The number of fused-ring (bicyclic) bond motifs is 2. The monoisotopic (exact) mass is 489 g/mol. The molecule has 3 aliphatic heterocycles. The van der Waals surface area contributed by atoms with Crippen molar-refractivity contribution in [2.75, 3.05) is 57.9 Å². The molecule has 2 fully saturated rings. The van der Waals surface area contributed by atoms with E-state index >= 15 is 0 Å². The third-order valence-electron chi connectivity index (χ3n) is 6.79. The first-order chi connectivity index (χ1) is 16.4. The van der Waals surface area contributed by atoms with Gasteiger partial charge in [0.25, 0.3) is 0 Å². The second kappa shape index (κ2) is 9.01. The number of phenols is 1. The fraction of sp³-hybridized carbons (Fsp3) is 0.500.